The molecule has 2 aromatic rings. The Labute approximate surface area is 141 Å². The number of rotatable bonds is 6. The van der Waals surface area contributed by atoms with E-state index in [1.165, 1.54) is 0 Å². The number of piperazine rings is 1. The van der Waals surface area contributed by atoms with Crippen molar-refractivity contribution < 1.29 is 9.53 Å². The van der Waals surface area contributed by atoms with E-state index in [0.717, 1.165) is 36.8 Å². The van der Waals surface area contributed by atoms with Crippen LogP contribution in [0.1, 0.15) is 6.92 Å². The van der Waals surface area contributed by atoms with E-state index in [1.807, 2.05) is 37.3 Å². The summed E-state index contributed by atoms with van der Waals surface area (Å²) in [7, 11) is 0. The quantitative estimate of drug-likeness (QED) is 0.817. The zero-order valence-corrected chi connectivity index (χ0v) is 13.7. The van der Waals surface area contributed by atoms with E-state index < -0.39 is 0 Å². The lowest BCUT2D eigenvalue weighted by molar-refractivity contribution is -0.118. The van der Waals surface area contributed by atoms with E-state index in [2.05, 4.69) is 20.2 Å². The number of carbonyl (C=O) groups excluding carboxylic acids is 1. The first kappa shape index (κ1) is 16.0. The number of nitrogens with one attached hydrogen (secondary N) is 1. The Bertz CT molecular complexity index is 669. The third-order valence-corrected chi connectivity index (χ3v) is 3.83. The van der Waals surface area contributed by atoms with Crippen LogP contribution in [0.2, 0.25) is 0 Å². The lowest BCUT2D eigenvalue weighted by Crippen LogP contribution is -2.46. The van der Waals surface area contributed by atoms with Gasteiger partial charge in [0, 0.05) is 38.1 Å². The number of nitrogens with zero attached hydrogens (tertiary/aromatic N) is 4. The maximum atomic E-state index is 10.8. The Morgan fingerprint density at radius 2 is 1.92 bits per heavy atom. The standard InChI is InChI=1S/C17H21N5O2/c1-2-24-15-5-3-14(4-6-15)19-16-7-8-18-17(20-16)22-11-9-21(13-23)10-12-22/h3-8,13H,2,9-12H2,1H3,(H,18,19,20). The summed E-state index contributed by atoms with van der Waals surface area (Å²) in [4.78, 5) is 23.5. The largest absolute Gasteiger partial charge is 0.494 e. The zero-order chi connectivity index (χ0) is 16.8. The minimum Gasteiger partial charge on any atom is -0.494 e. The van der Waals surface area contributed by atoms with Gasteiger partial charge < -0.3 is 19.9 Å². The van der Waals surface area contributed by atoms with Crippen LogP contribution < -0.4 is 15.0 Å². The van der Waals surface area contributed by atoms with Crippen molar-refractivity contribution in [3.63, 3.8) is 0 Å². The maximum absolute atomic E-state index is 10.8. The van der Waals surface area contributed by atoms with E-state index in [4.69, 9.17) is 4.74 Å². The minimum absolute atomic E-state index is 0.652. The van der Waals surface area contributed by atoms with Crippen molar-refractivity contribution in [2.45, 2.75) is 6.92 Å². The van der Waals surface area contributed by atoms with E-state index in [1.54, 1.807) is 11.1 Å². The van der Waals surface area contributed by atoms with Gasteiger partial charge in [0.2, 0.25) is 12.4 Å². The van der Waals surface area contributed by atoms with Crippen molar-refractivity contribution in [3.8, 4) is 5.75 Å². The van der Waals surface area contributed by atoms with Crippen molar-refractivity contribution in [1.82, 2.24) is 14.9 Å². The van der Waals surface area contributed by atoms with Gasteiger partial charge in [0.1, 0.15) is 11.6 Å². The van der Waals surface area contributed by atoms with Crippen molar-refractivity contribution in [1.29, 1.82) is 0 Å². The minimum atomic E-state index is 0.652. The molecule has 1 amide bonds. The summed E-state index contributed by atoms with van der Waals surface area (Å²) in [6, 6.07) is 9.59. The summed E-state index contributed by atoms with van der Waals surface area (Å²) in [6.45, 7) is 5.49. The monoisotopic (exact) mass is 327 g/mol. The fourth-order valence-electron chi connectivity index (χ4n) is 2.55. The summed E-state index contributed by atoms with van der Waals surface area (Å²) >= 11 is 0. The van der Waals surface area contributed by atoms with Gasteiger partial charge in [0.05, 0.1) is 6.61 Å². The molecule has 1 saturated heterocycles. The first-order valence-electron chi connectivity index (χ1n) is 8.05. The highest BCUT2D eigenvalue weighted by molar-refractivity contribution is 5.58. The Morgan fingerprint density at radius 1 is 1.17 bits per heavy atom. The molecule has 1 aliphatic rings. The number of hydrogen-bond acceptors (Lipinski definition) is 6. The molecular formula is C17H21N5O2. The van der Waals surface area contributed by atoms with Gasteiger partial charge in [-0.1, -0.05) is 0 Å². The smallest absolute Gasteiger partial charge is 0.227 e. The fourth-order valence-corrected chi connectivity index (χ4v) is 2.55. The summed E-state index contributed by atoms with van der Waals surface area (Å²) in [6.07, 6.45) is 2.63. The van der Waals surface area contributed by atoms with E-state index in [9.17, 15) is 4.79 Å². The molecular weight excluding hydrogens is 306 g/mol. The Balaban J connectivity index is 1.65. The molecule has 2 heterocycles. The number of ether oxygens (including phenoxy) is 1. The molecule has 0 atom stereocenters. The molecule has 0 unspecified atom stereocenters. The molecule has 0 radical (unpaired) electrons. The SMILES string of the molecule is CCOc1ccc(Nc2ccnc(N3CCN(C=O)CC3)n2)cc1. The zero-order valence-electron chi connectivity index (χ0n) is 13.7. The highest BCUT2D eigenvalue weighted by Gasteiger charge is 2.17. The predicted octanol–water partition coefficient (Wildman–Crippen LogP) is 1.90. The number of amides is 1. The highest BCUT2D eigenvalue weighted by Crippen LogP contribution is 2.20. The van der Waals surface area contributed by atoms with Gasteiger partial charge in [-0.25, -0.2) is 4.98 Å². The van der Waals surface area contributed by atoms with Crippen LogP contribution in [0.25, 0.3) is 0 Å². The number of anilines is 3. The predicted molar refractivity (Wildman–Crippen MR) is 92.8 cm³/mol. The summed E-state index contributed by atoms with van der Waals surface area (Å²) < 4.78 is 5.44. The molecule has 0 bridgehead atoms. The molecule has 126 valence electrons. The molecule has 24 heavy (non-hydrogen) atoms. The summed E-state index contributed by atoms with van der Waals surface area (Å²) in [5, 5.41) is 3.27. The van der Waals surface area contributed by atoms with Crippen LogP contribution in [-0.2, 0) is 4.79 Å². The molecule has 1 aliphatic heterocycles. The van der Waals surface area contributed by atoms with Crippen molar-refractivity contribution >= 4 is 23.9 Å². The molecule has 0 aliphatic carbocycles. The van der Waals surface area contributed by atoms with Gasteiger partial charge in [0.15, 0.2) is 0 Å². The normalized spacial score (nSPS) is 14.4. The molecule has 1 aromatic carbocycles. The van der Waals surface area contributed by atoms with Gasteiger partial charge in [0.25, 0.3) is 0 Å². The van der Waals surface area contributed by atoms with E-state index >= 15 is 0 Å². The number of aromatic nitrogens is 2. The maximum Gasteiger partial charge on any atom is 0.227 e. The topological polar surface area (TPSA) is 70.6 Å². The first-order chi connectivity index (χ1) is 11.8. The summed E-state index contributed by atoms with van der Waals surface area (Å²) in [5.74, 6) is 2.26. The third kappa shape index (κ3) is 3.92. The Hall–Kier alpha value is -2.83. The molecule has 7 nitrogen and oxygen atoms in total. The van der Waals surface area contributed by atoms with Crippen LogP contribution in [0.5, 0.6) is 5.75 Å². The average Bonchev–Trinajstić information content (AvgIpc) is 2.64. The van der Waals surface area contributed by atoms with Crippen LogP contribution in [0.4, 0.5) is 17.5 Å². The average molecular weight is 327 g/mol. The molecule has 0 spiro atoms. The number of benzene rings is 1. The second kappa shape index (κ2) is 7.63. The van der Waals surface area contributed by atoms with Gasteiger partial charge in [-0.15, -0.1) is 0 Å². The number of carbonyl (C=O) groups is 1. The third-order valence-electron chi connectivity index (χ3n) is 3.83. The molecule has 7 heteroatoms. The van der Waals surface area contributed by atoms with Gasteiger partial charge >= 0.3 is 0 Å². The van der Waals surface area contributed by atoms with E-state index in [-0.39, 0.29) is 0 Å². The molecule has 1 N–H and O–H groups in total. The van der Waals surface area contributed by atoms with Crippen molar-refractivity contribution in [2.24, 2.45) is 0 Å². The Morgan fingerprint density at radius 3 is 2.58 bits per heavy atom. The van der Waals surface area contributed by atoms with Crippen molar-refractivity contribution in [3.05, 3.63) is 36.5 Å². The number of hydrogen-bond donors (Lipinski definition) is 1. The molecule has 1 fully saturated rings. The van der Waals surface area contributed by atoms with Gasteiger partial charge in [-0.05, 0) is 37.3 Å². The van der Waals surface area contributed by atoms with E-state index in [0.29, 0.717) is 25.6 Å². The first-order valence-corrected chi connectivity index (χ1v) is 8.05. The highest BCUT2D eigenvalue weighted by atomic mass is 16.5. The summed E-state index contributed by atoms with van der Waals surface area (Å²) in [5.41, 5.74) is 0.939. The van der Waals surface area contributed by atoms with Gasteiger partial charge in [-0.3, -0.25) is 4.79 Å². The Kier molecular flexibility index (Phi) is 5.10. The van der Waals surface area contributed by atoms with Crippen LogP contribution in [-0.4, -0.2) is 54.1 Å². The van der Waals surface area contributed by atoms with Crippen LogP contribution in [0, 0.1) is 0 Å². The van der Waals surface area contributed by atoms with Gasteiger partial charge in [-0.2, -0.15) is 4.98 Å². The fraction of sp³-hybridized carbons (Fsp3) is 0.353. The lowest BCUT2D eigenvalue weighted by atomic mass is 10.3. The van der Waals surface area contributed by atoms with Crippen LogP contribution in [0.3, 0.4) is 0 Å². The second-order valence-electron chi connectivity index (χ2n) is 5.45. The van der Waals surface area contributed by atoms with Crippen molar-refractivity contribution in [2.75, 3.05) is 43.0 Å². The molecule has 3 rings (SSSR count). The molecule has 1 aromatic heterocycles. The second-order valence-corrected chi connectivity index (χ2v) is 5.45. The van der Waals surface area contributed by atoms with Crippen LogP contribution in [0.15, 0.2) is 36.5 Å². The lowest BCUT2D eigenvalue weighted by Gasteiger charge is -2.32. The molecule has 0 saturated carbocycles. The van der Waals surface area contributed by atoms with Crippen LogP contribution >= 0.6 is 0 Å².